The molecule has 0 aliphatic carbocycles. The number of hydrogen-bond acceptors (Lipinski definition) is 3. The van der Waals surface area contributed by atoms with Gasteiger partial charge in [-0.15, -0.1) is 0 Å². The minimum absolute atomic E-state index is 0.0103. The molecule has 1 aromatic carbocycles. The maximum absolute atomic E-state index is 13.5. The van der Waals surface area contributed by atoms with Gasteiger partial charge in [-0.3, -0.25) is 4.72 Å². The topological polar surface area (TPSA) is 59.1 Å². The first-order valence-corrected chi connectivity index (χ1v) is 6.95. The van der Waals surface area contributed by atoms with Crippen LogP contribution in [0.2, 0.25) is 5.02 Å². The molecular formula is C11H6ClF3N2O2S. The van der Waals surface area contributed by atoms with E-state index in [0.717, 1.165) is 24.3 Å². The Morgan fingerprint density at radius 3 is 2.40 bits per heavy atom. The largest absolute Gasteiger partial charge is 0.275 e. The Bertz CT molecular complexity index is 768. The van der Waals surface area contributed by atoms with Crippen molar-refractivity contribution in [1.82, 2.24) is 4.98 Å². The average Bonchev–Trinajstić information content (AvgIpc) is 2.32. The van der Waals surface area contributed by atoms with E-state index in [4.69, 9.17) is 11.6 Å². The van der Waals surface area contributed by atoms with Gasteiger partial charge >= 0.3 is 0 Å². The molecule has 0 radical (unpaired) electrons. The summed E-state index contributed by atoms with van der Waals surface area (Å²) in [5, 5.41) is 0.0103. The van der Waals surface area contributed by atoms with Gasteiger partial charge in [0.2, 0.25) is 11.9 Å². The summed E-state index contributed by atoms with van der Waals surface area (Å²) in [5.41, 5.74) is -0.597. The van der Waals surface area contributed by atoms with Gasteiger partial charge in [0.05, 0.1) is 0 Å². The Morgan fingerprint density at radius 2 is 1.80 bits per heavy atom. The minimum atomic E-state index is -4.38. The molecule has 1 heterocycles. The fraction of sp³-hybridized carbons (Fsp3) is 0. The van der Waals surface area contributed by atoms with E-state index >= 15 is 0 Å². The van der Waals surface area contributed by atoms with Crippen LogP contribution >= 0.6 is 11.6 Å². The van der Waals surface area contributed by atoms with Gasteiger partial charge in [-0.2, -0.15) is 13.8 Å². The molecule has 0 fully saturated rings. The summed E-state index contributed by atoms with van der Waals surface area (Å²) in [6.07, 6.45) is 0. The number of sulfonamides is 1. The zero-order valence-corrected chi connectivity index (χ0v) is 11.1. The quantitative estimate of drug-likeness (QED) is 0.884. The maximum Gasteiger partial charge on any atom is 0.264 e. The lowest BCUT2D eigenvalue weighted by molar-refractivity contribution is 0.515. The first-order valence-electron chi connectivity index (χ1n) is 5.09. The van der Waals surface area contributed by atoms with E-state index < -0.39 is 38.3 Å². The highest BCUT2D eigenvalue weighted by atomic mass is 35.5. The molecule has 1 N–H and O–H groups in total. The van der Waals surface area contributed by atoms with E-state index in [-0.39, 0.29) is 5.02 Å². The number of hydrogen-bond donors (Lipinski definition) is 1. The van der Waals surface area contributed by atoms with Gasteiger partial charge in [-0.1, -0.05) is 11.6 Å². The highest BCUT2D eigenvalue weighted by Gasteiger charge is 2.21. The average molecular weight is 323 g/mol. The maximum atomic E-state index is 13.5. The molecule has 0 saturated heterocycles. The van der Waals surface area contributed by atoms with Crippen LogP contribution in [0, 0.1) is 17.7 Å². The summed E-state index contributed by atoms with van der Waals surface area (Å²) in [6, 6.07) is 4.49. The monoisotopic (exact) mass is 322 g/mol. The number of anilines is 1. The van der Waals surface area contributed by atoms with Crippen molar-refractivity contribution in [2.45, 2.75) is 4.90 Å². The Labute approximate surface area is 117 Å². The number of nitrogens with one attached hydrogen (secondary N) is 1. The second-order valence-corrected chi connectivity index (χ2v) is 5.74. The molecule has 0 amide bonds. The van der Waals surface area contributed by atoms with E-state index in [1.54, 1.807) is 4.72 Å². The zero-order valence-electron chi connectivity index (χ0n) is 9.57. The van der Waals surface area contributed by atoms with Gasteiger partial charge in [0.15, 0.2) is 0 Å². The smallest absolute Gasteiger partial charge is 0.264 e. The molecule has 20 heavy (non-hydrogen) atoms. The van der Waals surface area contributed by atoms with E-state index in [1.807, 2.05) is 0 Å². The van der Waals surface area contributed by atoms with E-state index in [9.17, 15) is 21.6 Å². The van der Waals surface area contributed by atoms with Crippen molar-refractivity contribution in [3.8, 4) is 0 Å². The van der Waals surface area contributed by atoms with Crippen molar-refractivity contribution in [3.05, 3.63) is 53.1 Å². The third-order valence-electron chi connectivity index (χ3n) is 2.24. The molecule has 0 aliphatic heterocycles. The molecule has 4 nitrogen and oxygen atoms in total. The van der Waals surface area contributed by atoms with Crippen molar-refractivity contribution in [2.24, 2.45) is 0 Å². The Hall–Kier alpha value is -1.80. The second kappa shape index (κ2) is 5.29. The van der Waals surface area contributed by atoms with Crippen LogP contribution in [-0.2, 0) is 10.0 Å². The highest BCUT2D eigenvalue weighted by Crippen LogP contribution is 2.22. The van der Waals surface area contributed by atoms with Gasteiger partial charge in [-0.05, 0) is 30.3 Å². The van der Waals surface area contributed by atoms with Crippen molar-refractivity contribution in [3.63, 3.8) is 0 Å². The van der Waals surface area contributed by atoms with Crippen LogP contribution in [-0.4, -0.2) is 13.4 Å². The first kappa shape index (κ1) is 14.6. The molecule has 0 aliphatic rings. The van der Waals surface area contributed by atoms with Crippen LogP contribution in [0.15, 0.2) is 35.2 Å². The molecule has 0 atom stereocenters. The van der Waals surface area contributed by atoms with Crippen LogP contribution in [0.5, 0.6) is 0 Å². The SMILES string of the molecule is O=S(=O)(Nc1ccc(F)nc1F)c1ccc(Cl)cc1F. The number of pyridine rings is 1. The molecule has 2 aromatic rings. The summed E-state index contributed by atoms with van der Waals surface area (Å²) in [7, 11) is -4.38. The molecule has 0 saturated carbocycles. The van der Waals surface area contributed by atoms with Gasteiger partial charge < -0.3 is 0 Å². The predicted molar refractivity (Wildman–Crippen MR) is 66.4 cm³/mol. The van der Waals surface area contributed by atoms with Crippen LogP contribution < -0.4 is 4.72 Å². The molecule has 1 aromatic heterocycles. The van der Waals surface area contributed by atoms with Crippen LogP contribution in [0.3, 0.4) is 0 Å². The van der Waals surface area contributed by atoms with Crippen LogP contribution in [0.1, 0.15) is 0 Å². The molecule has 2 rings (SSSR count). The fourth-order valence-corrected chi connectivity index (χ4v) is 2.65. The molecule has 106 valence electrons. The van der Waals surface area contributed by atoms with Gasteiger partial charge in [-0.25, -0.2) is 12.8 Å². The van der Waals surface area contributed by atoms with E-state index in [2.05, 4.69) is 4.98 Å². The van der Waals surface area contributed by atoms with E-state index in [0.29, 0.717) is 0 Å². The molecule has 0 spiro atoms. The van der Waals surface area contributed by atoms with Gasteiger partial charge in [0.1, 0.15) is 16.4 Å². The Morgan fingerprint density at radius 1 is 1.10 bits per heavy atom. The number of nitrogens with zero attached hydrogens (tertiary/aromatic N) is 1. The Balaban J connectivity index is 2.41. The third kappa shape index (κ3) is 3.02. The molecular weight excluding hydrogens is 317 g/mol. The predicted octanol–water partition coefficient (Wildman–Crippen LogP) is 2.95. The zero-order chi connectivity index (χ0) is 14.9. The van der Waals surface area contributed by atoms with Crippen LogP contribution in [0.4, 0.5) is 18.9 Å². The summed E-state index contributed by atoms with van der Waals surface area (Å²) in [4.78, 5) is 2.10. The van der Waals surface area contributed by atoms with Crippen LogP contribution in [0.25, 0.3) is 0 Å². The number of halogens is 4. The standard InChI is InChI=1S/C11H6ClF3N2O2S/c12-6-1-3-9(7(13)5-6)20(18,19)17-8-2-4-10(14)16-11(8)15/h1-5,17H. The summed E-state index contributed by atoms with van der Waals surface area (Å²) < 4.78 is 65.0. The summed E-state index contributed by atoms with van der Waals surface area (Å²) in [6.45, 7) is 0. The van der Waals surface area contributed by atoms with E-state index in [1.165, 1.54) is 6.07 Å². The molecule has 9 heteroatoms. The van der Waals surface area contributed by atoms with Crippen molar-refractivity contribution in [1.29, 1.82) is 0 Å². The lowest BCUT2D eigenvalue weighted by Crippen LogP contribution is -2.16. The lowest BCUT2D eigenvalue weighted by Gasteiger charge is -2.09. The summed E-state index contributed by atoms with van der Waals surface area (Å²) >= 11 is 5.50. The molecule has 0 unspecified atom stereocenters. The Kier molecular flexibility index (Phi) is 3.87. The van der Waals surface area contributed by atoms with Crippen molar-refractivity contribution < 1.29 is 21.6 Å². The lowest BCUT2D eigenvalue weighted by atomic mass is 10.3. The molecule has 0 bridgehead atoms. The normalized spacial score (nSPS) is 11.4. The number of benzene rings is 1. The highest BCUT2D eigenvalue weighted by molar-refractivity contribution is 7.92. The van der Waals surface area contributed by atoms with Crippen molar-refractivity contribution >= 4 is 27.3 Å². The third-order valence-corrected chi connectivity index (χ3v) is 3.88. The number of rotatable bonds is 3. The summed E-state index contributed by atoms with van der Waals surface area (Å²) in [5.74, 6) is -3.56. The van der Waals surface area contributed by atoms with Gasteiger partial charge in [0.25, 0.3) is 10.0 Å². The second-order valence-electron chi connectivity index (χ2n) is 3.65. The number of aromatic nitrogens is 1. The van der Waals surface area contributed by atoms with Crippen molar-refractivity contribution in [2.75, 3.05) is 4.72 Å². The minimum Gasteiger partial charge on any atom is -0.275 e. The van der Waals surface area contributed by atoms with Gasteiger partial charge in [0, 0.05) is 5.02 Å². The first-order chi connectivity index (χ1) is 9.29. The fourth-order valence-electron chi connectivity index (χ4n) is 1.38.